The monoisotopic (exact) mass is 564 g/mol. The van der Waals surface area contributed by atoms with E-state index >= 15 is 0 Å². The summed E-state index contributed by atoms with van der Waals surface area (Å²) in [5, 5.41) is 5.03. The van der Waals surface area contributed by atoms with Gasteiger partial charge in [-0.1, -0.05) is 33.1 Å². The Hall–Kier alpha value is -3.26. The van der Waals surface area contributed by atoms with E-state index in [2.05, 4.69) is 18.7 Å². The number of nitrogens with zero attached hydrogens (tertiary/aromatic N) is 4. The van der Waals surface area contributed by atoms with Gasteiger partial charge in [0.15, 0.2) is 11.5 Å². The molecule has 3 aromatic rings. The number of methoxy groups -OCH3 is 3. The number of likely N-dealkylation sites (tertiary alicyclic amines) is 1. The van der Waals surface area contributed by atoms with Gasteiger partial charge in [0.05, 0.1) is 32.5 Å². The number of aryl methyl sites for hydroxylation is 1. The second kappa shape index (κ2) is 15.1. The number of piperidine rings is 1. The number of carbonyl (C=O) groups excluding carboxylic acids is 1. The number of amides is 1. The van der Waals surface area contributed by atoms with E-state index in [1.165, 1.54) is 32.4 Å². The Labute approximate surface area is 245 Å². The van der Waals surface area contributed by atoms with Gasteiger partial charge in [0.1, 0.15) is 0 Å². The minimum atomic E-state index is 0.101. The van der Waals surface area contributed by atoms with Crippen LogP contribution in [0.1, 0.15) is 81.1 Å². The molecular weight excluding hydrogens is 516 g/mol. The van der Waals surface area contributed by atoms with Gasteiger partial charge in [-0.05, 0) is 82.4 Å². The first-order valence-electron chi connectivity index (χ1n) is 15.4. The maximum absolute atomic E-state index is 13.7. The van der Waals surface area contributed by atoms with Crippen LogP contribution in [-0.2, 0) is 6.42 Å². The van der Waals surface area contributed by atoms with Crippen LogP contribution in [-0.4, -0.2) is 79.4 Å². The minimum absolute atomic E-state index is 0.101. The number of fused-ring (bicyclic) bond motifs is 1. The number of rotatable bonds is 15. The number of carbonyl (C=O) groups is 1. The zero-order valence-electron chi connectivity index (χ0n) is 25.7. The lowest BCUT2D eigenvalue weighted by Crippen LogP contribution is -2.33. The van der Waals surface area contributed by atoms with Gasteiger partial charge >= 0.3 is 0 Å². The second-order valence-corrected chi connectivity index (χ2v) is 11.0. The average Bonchev–Trinajstić information content (AvgIpc) is 3.38. The zero-order chi connectivity index (χ0) is 29.2. The zero-order valence-corrected chi connectivity index (χ0v) is 25.7. The van der Waals surface area contributed by atoms with E-state index < -0.39 is 0 Å². The number of unbranched alkanes of at least 4 members (excludes halogenated alkanes) is 2. The third-order valence-corrected chi connectivity index (χ3v) is 8.12. The lowest BCUT2D eigenvalue weighted by Gasteiger charge is -2.26. The molecule has 2 aromatic heterocycles. The van der Waals surface area contributed by atoms with Gasteiger partial charge in [0.2, 0.25) is 5.75 Å². The first kappa shape index (κ1) is 30.7. The highest BCUT2D eigenvalue weighted by molar-refractivity contribution is 5.96. The highest BCUT2D eigenvalue weighted by Gasteiger charge is 2.22. The summed E-state index contributed by atoms with van der Waals surface area (Å²) in [5.74, 6) is 1.85. The fourth-order valence-electron chi connectivity index (χ4n) is 5.78. The van der Waals surface area contributed by atoms with Gasteiger partial charge in [0, 0.05) is 36.0 Å². The van der Waals surface area contributed by atoms with Crippen LogP contribution in [0.2, 0.25) is 0 Å². The van der Waals surface area contributed by atoms with Crippen LogP contribution in [0.4, 0.5) is 0 Å². The van der Waals surface area contributed by atoms with Gasteiger partial charge in [0.25, 0.3) is 5.91 Å². The number of pyridine rings is 1. The molecule has 224 valence electrons. The maximum atomic E-state index is 13.7. The summed E-state index contributed by atoms with van der Waals surface area (Å²) in [6.07, 6.45) is 11.9. The largest absolute Gasteiger partial charge is 0.493 e. The molecule has 3 heterocycles. The molecule has 1 aromatic carbocycles. The van der Waals surface area contributed by atoms with Gasteiger partial charge < -0.3 is 24.0 Å². The lowest BCUT2D eigenvalue weighted by molar-refractivity contribution is 0.0751. The molecule has 1 fully saturated rings. The smallest absolute Gasteiger partial charge is 0.253 e. The van der Waals surface area contributed by atoms with Crippen molar-refractivity contribution in [1.82, 2.24) is 19.4 Å². The Morgan fingerprint density at radius 2 is 1.56 bits per heavy atom. The first-order valence-corrected chi connectivity index (χ1v) is 15.4. The predicted molar refractivity (Wildman–Crippen MR) is 165 cm³/mol. The lowest BCUT2D eigenvalue weighted by atomic mass is 10.0. The number of benzene rings is 1. The Morgan fingerprint density at radius 3 is 2.15 bits per heavy atom. The topological polar surface area (TPSA) is 68.5 Å². The predicted octanol–water partition coefficient (Wildman–Crippen LogP) is 6.49. The molecule has 4 rings (SSSR count). The van der Waals surface area contributed by atoms with E-state index in [0.29, 0.717) is 17.2 Å². The van der Waals surface area contributed by atoms with Crippen LogP contribution in [0.15, 0.2) is 30.5 Å². The summed E-state index contributed by atoms with van der Waals surface area (Å²) < 4.78 is 18.8. The van der Waals surface area contributed by atoms with Crippen LogP contribution in [0.5, 0.6) is 17.2 Å². The maximum Gasteiger partial charge on any atom is 0.253 e. The molecule has 8 nitrogen and oxygen atoms in total. The van der Waals surface area contributed by atoms with Gasteiger partial charge in [-0.15, -0.1) is 0 Å². The first-order chi connectivity index (χ1) is 20.0. The Balaban J connectivity index is 1.75. The SMILES string of the molecule is CCCCN(CCCC)C(=O)c1ccn2nc(-c3cc(OC)c(OC)c(OC)c3)c(CCCN3CCCCC3)c2c1. The highest BCUT2D eigenvalue weighted by Crippen LogP contribution is 2.42. The number of ether oxygens (including phenoxy) is 3. The van der Waals surface area contributed by atoms with Gasteiger partial charge in [-0.2, -0.15) is 5.10 Å². The summed E-state index contributed by atoms with van der Waals surface area (Å²) in [5.41, 5.74) is 4.61. The van der Waals surface area contributed by atoms with Crippen molar-refractivity contribution in [1.29, 1.82) is 0 Å². The molecule has 8 heteroatoms. The molecule has 1 aliphatic rings. The quantitative estimate of drug-likeness (QED) is 0.210. The molecule has 41 heavy (non-hydrogen) atoms. The van der Waals surface area contributed by atoms with Crippen molar-refractivity contribution in [2.75, 3.05) is 54.1 Å². The molecule has 1 saturated heterocycles. The van der Waals surface area contributed by atoms with Crippen molar-refractivity contribution in [2.45, 2.75) is 71.6 Å². The van der Waals surface area contributed by atoms with Crippen molar-refractivity contribution < 1.29 is 19.0 Å². The molecule has 0 N–H and O–H groups in total. The van der Waals surface area contributed by atoms with Crippen LogP contribution < -0.4 is 14.2 Å². The molecule has 0 radical (unpaired) electrons. The van der Waals surface area contributed by atoms with Gasteiger partial charge in [-0.25, -0.2) is 4.52 Å². The van der Waals surface area contributed by atoms with Crippen molar-refractivity contribution in [3.8, 4) is 28.5 Å². The van der Waals surface area contributed by atoms with E-state index in [1.54, 1.807) is 21.3 Å². The molecule has 0 atom stereocenters. The van der Waals surface area contributed by atoms with Gasteiger partial charge in [-0.3, -0.25) is 4.79 Å². The van der Waals surface area contributed by atoms with Crippen LogP contribution in [0.25, 0.3) is 16.8 Å². The number of hydrogen-bond acceptors (Lipinski definition) is 6. The van der Waals surface area contributed by atoms with Crippen molar-refractivity contribution in [2.24, 2.45) is 0 Å². The summed E-state index contributed by atoms with van der Waals surface area (Å²) in [6.45, 7) is 9.34. The van der Waals surface area contributed by atoms with E-state index in [4.69, 9.17) is 19.3 Å². The second-order valence-electron chi connectivity index (χ2n) is 11.0. The molecule has 0 bridgehead atoms. The van der Waals surface area contributed by atoms with E-state index in [0.717, 1.165) is 86.1 Å². The van der Waals surface area contributed by atoms with E-state index in [-0.39, 0.29) is 5.91 Å². The Bertz CT molecular complexity index is 1250. The highest BCUT2D eigenvalue weighted by atomic mass is 16.5. The van der Waals surface area contributed by atoms with Crippen LogP contribution in [0.3, 0.4) is 0 Å². The van der Waals surface area contributed by atoms with Crippen molar-refractivity contribution in [3.63, 3.8) is 0 Å². The third kappa shape index (κ3) is 7.34. The summed E-state index contributed by atoms with van der Waals surface area (Å²) in [6, 6.07) is 7.86. The molecule has 0 saturated carbocycles. The summed E-state index contributed by atoms with van der Waals surface area (Å²) in [7, 11) is 4.87. The fraction of sp³-hybridized carbons (Fsp3) is 0.576. The Morgan fingerprint density at radius 1 is 0.902 bits per heavy atom. The Kier molecular flexibility index (Phi) is 11.3. The fourth-order valence-corrected chi connectivity index (χ4v) is 5.78. The molecule has 1 aliphatic heterocycles. The number of aromatic nitrogens is 2. The molecule has 0 spiro atoms. The van der Waals surface area contributed by atoms with Crippen molar-refractivity contribution >= 4 is 11.4 Å². The summed E-state index contributed by atoms with van der Waals surface area (Å²) in [4.78, 5) is 18.3. The van der Waals surface area contributed by atoms with E-state index in [1.807, 2.05) is 39.9 Å². The van der Waals surface area contributed by atoms with Crippen molar-refractivity contribution in [3.05, 3.63) is 41.6 Å². The minimum Gasteiger partial charge on any atom is -0.493 e. The molecule has 0 aliphatic carbocycles. The van der Waals surface area contributed by atoms with Crippen LogP contribution in [0, 0.1) is 0 Å². The summed E-state index contributed by atoms with van der Waals surface area (Å²) >= 11 is 0. The standard InChI is InChI=1S/C33H48N4O4/c1-6-8-19-36(20-9-7-2)33(38)25-15-21-37-28(22-25)27(14-13-18-35-16-11-10-12-17-35)31(34-37)26-23-29(39-3)32(41-5)30(24-26)40-4/h15,21-24H,6-14,16-20H2,1-5H3. The molecule has 1 amide bonds. The van der Waals surface area contributed by atoms with E-state index in [9.17, 15) is 4.79 Å². The molecule has 0 unspecified atom stereocenters. The normalized spacial score (nSPS) is 13.9. The average molecular weight is 565 g/mol. The van der Waals surface area contributed by atoms with Crippen LogP contribution >= 0.6 is 0 Å². The third-order valence-electron chi connectivity index (χ3n) is 8.12. The molecular formula is C33H48N4O4. The number of hydrogen-bond donors (Lipinski definition) is 0.